The third kappa shape index (κ3) is 5.70. The third-order valence-corrected chi connectivity index (χ3v) is 2.70. The maximum absolute atomic E-state index is 11.4. The number of hydrogen-bond donors (Lipinski definition) is 3. The van der Waals surface area contributed by atoms with Crippen LogP contribution in [0.3, 0.4) is 0 Å². The van der Waals surface area contributed by atoms with Gasteiger partial charge in [0.05, 0.1) is 0 Å². The van der Waals surface area contributed by atoms with Crippen molar-refractivity contribution in [2.24, 2.45) is 0 Å². The zero-order valence-electron chi connectivity index (χ0n) is 9.84. The highest BCUT2D eigenvalue weighted by Crippen LogP contribution is 2.10. The van der Waals surface area contributed by atoms with Crippen molar-refractivity contribution in [3.05, 3.63) is 0 Å². The monoisotopic (exact) mass is 227 g/mol. The van der Waals surface area contributed by atoms with Gasteiger partial charge in [-0.05, 0) is 25.8 Å². The minimum atomic E-state index is -0.0654. The molecule has 1 heterocycles. The second-order valence-corrected chi connectivity index (χ2v) is 4.16. The van der Waals surface area contributed by atoms with Crippen molar-refractivity contribution in [2.45, 2.75) is 38.6 Å². The Hall–Kier alpha value is -1.10. The molecule has 1 fully saturated rings. The minimum absolute atomic E-state index is 0.0654. The van der Waals surface area contributed by atoms with Crippen LogP contribution in [0.25, 0.3) is 0 Å². The molecule has 0 radical (unpaired) electrons. The van der Waals surface area contributed by atoms with Gasteiger partial charge < -0.3 is 16.0 Å². The van der Waals surface area contributed by atoms with Crippen molar-refractivity contribution in [1.82, 2.24) is 16.0 Å². The van der Waals surface area contributed by atoms with E-state index in [-0.39, 0.29) is 11.8 Å². The molecule has 1 aliphatic rings. The number of hydrogen-bond acceptors (Lipinski definition) is 3. The summed E-state index contributed by atoms with van der Waals surface area (Å²) in [5.41, 5.74) is 0. The third-order valence-electron chi connectivity index (χ3n) is 2.70. The molecule has 1 unspecified atom stereocenters. The van der Waals surface area contributed by atoms with Gasteiger partial charge in [0.25, 0.3) is 0 Å². The summed E-state index contributed by atoms with van der Waals surface area (Å²) < 4.78 is 0. The fourth-order valence-corrected chi connectivity index (χ4v) is 1.84. The van der Waals surface area contributed by atoms with E-state index in [0.29, 0.717) is 25.6 Å². The lowest BCUT2D eigenvalue weighted by molar-refractivity contribution is -0.122. The van der Waals surface area contributed by atoms with Crippen LogP contribution in [-0.2, 0) is 9.59 Å². The zero-order chi connectivity index (χ0) is 11.8. The molecule has 2 amide bonds. The van der Waals surface area contributed by atoms with Crippen LogP contribution in [0.1, 0.15) is 32.6 Å². The maximum atomic E-state index is 11.4. The van der Waals surface area contributed by atoms with Gasteiger partial charge >= 0.3 is 0 Å². The number of carbonyl (C=O) groups is 2. The van der Waals surface area contributed by atoms with Gasteiger partial charge in [-0.2, -0.15) is 0 Å². The first-order valence-electron chi connectivity index (χ1n) is 5.93. The highest BCUT2D eigenvalue weighted by molar-refractivity contribution is 5.76. The molecular formula is C11H21N3O2. The summed E-state index contributed by atoms with van der Waals surface area (Å²) in [7, 11) is 0. The standard InChI is InChI=1S/C11H21N3O2/c1-9(15)12-7-8-14-11(16)5-4-10-3-2-6-13-10/h10,13H,2-8H2,1H3,(H,12,15)(H,14,16). The average molecular weight is 227 g/mol. The lowest BCUT2D eigenvalue weighted by atomic mass is 10.1. The molecule has 5 heteroatoms. The summed E-state index contributed by atoms with van der Waals surface area (Å²) in [5.74, 6) is 0.00320. The first-order valence-corrected chi connectivity index (χ1v) is 5.93. The van der Waals surface area contributed by atoms with Gasteiger partial charge in [-0.3, -0.25) is 9.59 Å². The maximum Gasteiger partial charge on any atom is 0.220 e. The topological polar surface area (TPSA) is 70.2 Å². The Morgan fingerprint density at radius 1 is 1.31 bits per heavy atom. The Bertz CT molecular complexity index is 237. The normalized spacial score (nSPS) is 19.4. The van der Waals surface area contributed by atoms with Crippen LogP contribution >= 0.6 is 0 Å². The van der Waals surface area contributed by atoms with Crippen molar-refractivity contribution < 1.29 is 9.59 Å². The fourth-order valence-electron chi connectivity index (χ4n) is 1.84. The summed E-state index contributed by atoms with van der Waals surface area (Å²) in [6.07, 6.45) is 3.87. The second kappa shape index (κ2) is 7.22. The minimum Gasteiger partial charge on any atom is -0.355 e. The van der Waals surface area contributed by atoms with E-state index in [1.54, 1.807) is 0 Å². The Balaban J connectivity index is 1.95. The molecule has 1 saturated heterocycles. The molecule has 3 N–H and O–H groups in total. The number of amides is 2. The molecule has 0 saturated carbocycles. The molecule has 5 nitrogen and oxygen atoms in total. The van der Waals surface area contributed by atoms with Gasteiger partial charge in [-0.15, -0.1) is 0 Å². The molecule has 1 aliphatic heterocycles. The average Bonchev–Trinajstić information content (AvgIpc) is 2.74. The van der Waals surface area contributed by atoms with Crippen molar-refractivity contribution in [3.63, 3.8) is 0 Å². The quantitative estimate of drug-likeness (QED) is 0.549. The number of nitrogens with one attached hydrogen (secondary N) is 3. The van der Waals surface area contributed by atoms with Crippen molar-refractivity contribution in [3.8, 4) is 0 Å². The highest BCUT2D eigenvalue weighted by Gasteiger charge is 2.14. The van der Waals surface area contributed by atoms with E-state index in [1.807, 2.05) is 0 Å². The predicted octanol–water partition coefficient (Wildman–Crippen LogP) is -0.229. The van der Waals surface area contributed by atoms with E-state index >= 15 is 0 Å². The van der Waals surface area contributed by atoms with Gasteiger partial charge in [-0.1, -0.05) is 0 Å². The molecule has 0 aromatic rings. The molecule has 0 spiro atoms. The second-order valence-electron chi connectivity index (χ2n) is 4.16. The van der Waals surface area contributed by atoms with E-state index < -0.39 is 0 Å². The van der Waals surface area contributed by atoms with Gasteiger partial charge in [0, 0.05) is 32.5 Å². The zero-order valence-corrected chi connectivity index (χ0v) is 9.84. The van der Waals surface area contributed by atoms with Crippen LogP contribution in [0.2, 0.25) is 0 Å². The van der Waals surface area contributed by atoms with Crippen LogP contribution in [0.15, 0.2) is 0 Å². The summed E-state index contributed by atoms with van der Waals surface area (Å²) >= 11 is 0. The molecule has 0 aromatic heterocycles. The summed E-state index contributed by atoms with van der Waals surface area (Å²) in [4.78, 5) is 21.9. The van der Waals surface area contributed by atoms with Gasteiger partial charge in [0.15, 0.2) is 0 Å². The molecular weight excluding hydrogens is 206 g/mol. The molecule has 16 heavy (non-hydrogen) atoms. The SMILES string of the molecule is CC(=O)NCCNC(=O)CCC1CCCN1. The largest absolute Gasteiger partial charge is 0.355 e. The highest BCUT2D eigenvalue weighted by atomic mass is 16.2. The molecule has 1 rings (SSSR count). The smallest absolute Gasteiger partial charge is 0.220 e. The fraction of sp³-hybridized carbons (Fsp3) is 0.818. The van der Waals surface area contributed by atoms with Crippen LogP contribution in [0, 0.1) is 0 Å². The van der Waals surface area contributed by atoms with E-state index in [4.69, 9.17) is 0 Å². The van der Waals surface area contributed by atoms with Gasteiger partial charge in [0.1, 0.15) is 0 Å². The molecule has 92 valence electrons. The van der Waals surface area contributed by atoms with Crippen LogP contribution in [0.4, 0.5) is 0 Å². The Labute approximate surface area is 96.4 Å². The molecule has 0 aromatic carbocycles. The van der Waals surface area contributed by atoms with Crippen LogP contribution in [-0.4, -0.2) is 37.5 Å². The summed E-state index contributed by atoms with van der Waals surface area (Å²) in [6, 6.07) is 0.515. The summed E-state index contributed by atoms with van der Waals surface area (Å²) in [5, 5.41) is 8.77. The Morgan fingerprint density at radius 3 is 2.69 bits per heavy atom. The predicted molar refractivity (Wildman–Crippen MR) is 62.0 cm³/mol. The first kappa shape index (κ1) is 13.0. The lowest BCUT2D eigenvalue weighted by Gasteiger charge is -2.10. The van der Waals surface area contributed by atoms with Crippen molar-refractivity contribution in [1.29, 1.82) is 0 Å². The van der Waals surface area contributed by atoms with Crippen molar-refractivity contribution >= 4 is 11.8 Å². The Kier molecular flexibility index (Phi) is 5.85. The molecule has 0 aliphatic carbocycles. The van der Waals surface area contributed by atoms with Crippen LogP contribution < -0.4 is 16.0 Å². The summed E-state index contributed by atoms with van der Waals surface area (Å²) in [6.45, 7) is 3.56. The van der Waals surface area contributed by atoms with E-state index in [1.165, 1.54) is 19.8 Å². The van der Waals surface area contributed by atoms with E-state index in [0.717, 1.165) is 13.0 Å². The van der Waals surface area contributed by atoms with E-state index in [9.17, 15) is 9.59 Å². The van der Waals surface area contributed by atoms with Crippen molar-refractivity contribution in [2.75, 3.05) is 19.6 Å². The number of rotatable bonds is 6. The Morgan fingerprint density at radius 2 is 2.06 bits per heavy atom. The van der Waals surface area contributed by atoms with Crippen LogP contribution in [0.5, 0.6) is 0 Å². The molecule has 1 atom stereocenters. The lowest BCUT2D eigenvalue weighted by Crippen LogP contribution is -2.34. The van der Waals surface area contributed by atoms with E-state index in [2.05, 4.69) is 16.0 Å². The first-order chi connectivity index (χ1) is 7.68. The molecule has 0 bridgehead atoms. The van der Waals surface area contributed by atoms with Gasteiger partial charge in [-0.25, -0.2) is 0 Å². The van der Waals surface area contributed by atoms with Gasteiger partial charge in [0.2, 0.25) is 11.8 Å². The number of carbonyl (C=O) groups excluding carboxylic acids is 2.